The number of fused-ring (bicyclic) bond motifs is 1. The summed E-state index contributed by atoms with van der Waals surface area (Å²) in [4.78, 5) is 16.6. The van der Waals surface area contributed by atoms with Gasteiger partial charge >= 0.3 is 0 Å². The van der Waals surface area contributed by atoms with Gasteiger partial charge in [-0.1, -0.05) is 24.3 Å². The van der Waals surface area contributed by atoms with Crippen LogP contribution in [-0.2, 0) is 21.4 Å². The van der Waals surface area contributed by atoms with Gasteiger partial charge in [0.15, 0.2) is 0 Å². The molecule has 4 rings (SSSR count). The summed E-state index contributed by atoms with van der Waals surface area (Å²) < 4.78 is 29.6. The number of aliphatic imine (C=N–C) groups is 1. The summed E-state index contributed by atoms with van der Waals surface area (Å²) in [6.45, 7) is 1.18. The molecule has 150 valence electrons. The number of aromatic nitrogens is 1. The number of hydrogen-bond acceptors (Lipinski definition) is 4. The van der Waals surface area contributed by atoms with Crippen molar-refractivity contribution >= 4 is 38.4 Å². The number of hydrogen-bond donors (Lipinski definition) is 2. The normalized spacial score (nSPS) is 14.0. The first-order chi connectivity index (χ1) is 14.0. The number of carbonyl (C=O) groups is 1. The van der Waals surface area contributed by atoms with Crippen LogP contribution in [0.15, 0.2) is 70.7 Å². The number of rotatable bonds is 6. The second-order valence-corrected chi connectivity index (χ2v) is 8.61. The van der Waals surface area contributed by atoms with Crippen molar-refractivity contribution in [3.05, 3.63) is 60.8 Å². The predicted molar refractivity (Wildman–Crippen MR) is 113 cm³/mol. The molecule has 0 saturated carbocycles. The summed E-state index contributed by atoms with van der Waals surface area (Å²) >= 11 is 0. The maximum absolute atomic E-state index is 12.5. The Labute approximate surface area is 169 Å². The number of nitrogens with zero attached hydrogens (tertiary/aromatic N) is 2. The Balaban J connectivity index is 1.40. The van der Waals surface area contributed by atoms with Gasteiger partial charge in [-0.2, -0.15) is 0 Å². The highest BCUT2D eigenvalue weighted by Crippen LogP contribution is 2.18. The molecular formula is C21H22N4O3S. The summed E-state index contributed by atoms with van der Waals surface area (Å²) in [6, 6.07) is 16.3. The Kier molecular flexibility index (Phi) is 5.35. The molecule has 0 spiro atoms. The number of anilines is 1. The van der Waals surface area contributed by atoms with Crippen molar-refractivity contribution in [1.82, 2.24) is 9.29 Å². The first kappa shape index (κ1) is 19.2. The maximum Gasteiger partial charge on any atom is 0.262 e. The Bertz CT molecular complexity index is 1180. The summed E-state index contributed by atoms with van der Waals surface area (Å²) in [5.74, 6) is 0.309. The summed E-state index contributed by atoms with van der Waals surface area (Å²) in [5, 5.41) is 3.91. The molecule has 1 amide bonds. The van der Waals surface area contributed by atoms with E-state index in [1.807, 2.05) is 41.1 Å². The minimum atomic E-state index is -3.71. The van der Waals surface area contributed by atoms with Crippen LogP contribution in [0.3, 0.4) is 0 Å². The van der Waals surface area contributed by atoms with Crippen molar-refractivity contribution in [3.8, 4) is 0 Å². The average molecular weight is 410 g/mol. The fraction of sp³-hybridized carbons (Fsp3) is 0.238. The van der Waals surface area contributed by atoms with Crippen molar-refractivity contribution in [1.29, 1.82) is 0 Å². The first-order valence-corrected chi connectivity index (χ1v) is 11.0. The molecular weight excluding hydrogens is 388 g/mol. The Morgan fingerprint density at radius 3 is 2.79 bits per heavy atom. The van der Waals surface area contributed by atoms with E-state index in [-0.39, 0.29) is 17.2 Å². The van der Waals surface area contributed by atoms with Crippen LogP contribution in [0, 0.1) is 0 Å². The molecule has 0 fully saturated rings. The summed E-state index contributed by atoms with van der Waals surface area (Å²) in [5.41, 5.74) is 1.53. The zero-order chi connectivity index (χ0) is 20.3. The van der Waals surface area contributed by atoms with Crippen LogP contribution in [0.25, 0.3) is 10.9 Å². The zero-order valence-corrected chi connectivity index (χ0v) is 16.7. The standard InChI is InChI=1S/C21H22N4O3S/c26-21(11-14-25-13-10-16-5-1-2-8-19(16)25)23-17-6-3-7-18(15-17)29(27,28)24-20-9-4-12-22-20/h1-3,5-8,10,13,15H,4,9,11-12,14H2,(H,22,24)(H,23,26). The third-order valence-electron chi connectivity index (χ3n) is 4.81. The number of aryl methyl sites for hydroxylation is 1. The van der Waals surface area contributed by atoms with Gasteiger partial charge < -0.3 is 9.88 Å². The molecule has 7 nitrogen and oxygen atoms in total. The van der Waals surface area contributed by atoms with Crippen LogP contribution in [0.4, 0.5) is 5.69 Å². The highest BCUT2D eigenvalue weighted by atomic mass is 32.2. The molecule has 1 aliphatic rings. The molecule has 2 aromatic carbocycles. The van der Waals surface area contributed by atoms with Crippen molar-refractivity contribution < 1.29 is 13.2 Å². The minimum absolute atomic E-state index is 0.0984. The Hall–Kier alpha value is -3.13. The lowest BCUT2D eigenvalue weighted by molar-refractivity contribution is -0.116. The molecule has 1 aromatic heterocycles. The molecule has 0 radical (unpaired) electrons. The van der Waals surface area contributed by atoms with Gasteiger partial charge in [0, 0.05) is 43.3 Å². The number of carbonyl (C=O) groups excluding carboxylic acids is 1. The molecule has 0 aliphatic carbocycles. The van der Waals surface area contributed by atoms with E-state index in [0.717, 1.165) is 17.3 Å². The van der Waals surface area contributed by atoms with Crippen LogP contribution in [-0.4, -0.2) is 31.3 Å². The van der Waals surface area contributed by atoms with E-state index >= 15 is 0 Å². The van der Waals surface area contributed by atoms with Gasteiger partial charge in [-0.25, -0.2) is 8.42 Å². The maximum atomic E-state index is 12.5. The van der Waals surface area contributed by atoms with Gasteiger partial charge in [-0.15, -0.1) is 0 Å². The Morgan fingerprint density at radius 1 is 1.10 bits per heavy atom. The molecule has 1 aliphatic heterocycles. The molecule has 29 heavy (non-hydrogen) atoms. The van der Waals surface area contributed by atoms with Gasteiger partial charge in [0.25, 0.3) is 10.0 Å². The van der Waals surface area contributed by atoms with Crippen LogP contribution < -0.4 is 10.0 Å². The highest BCUT2D eigenvalue weighted by molar-refractivity contribution is 7.90. The topological polar surface area (TPSA) is 92.6 Å². The van der Waals surface area contributed by atoms with Crippen LogP contribution in [0.2, 0.25) is 0 Å². The van der Waals surface area contributed by atoms with E-state index in [4.69, 9.17) is 0 Å². The van der Waals surface area contributed by atoms with Crippen molar-refractivity contribution in [2.45, 2.75) is 30.7 Å². The zero-order valence-electron chi connectivity index (χ0n) is 15.8. The average Bonchev–Trinajstić information content (AvgIpc) is 3.36. The van der Waals surface area contributed by atoms with Gasteiger partial charge in [0.05, 0.1) is 4.90 Å². The molecule has 0 saturated heterocycles. The lowest BCUT2D eigenvalue weighted by Gasteiger charge is -2.10. The Morgan fingerprint density at radius 2 is 1.97 bits per heavy atom. The number of benzene rings is 2. The minimum Gasteiger partial charge on any atom is -0.347 e. The molecule has 2 heterocycles. The third-order valence-corrected chi connectivity index (χ3v) is 6.19. The lowest BCUT2D eigenvalue weighted by atomic mass is 10.2. The first-order valence-electron chi connectivity index (χ1n) is 9.51. The molecule has 3 aromatic rings. The third kappa shape index (κ3) is 4.48. The van der Waals surface area contributed by atoms with E-state index in [9.17, 15) is 13.2 Å². The second-order valence-electron chi connectivity index (χ2n) is 6.93. The smallest absolute Gasteiger partial charge is 0.262 e. The SMILES string of the molecule is O=C(CCn1ccc2ccccc21)Nc1cccc(S(=O)(=O)NC2=NCCC2)c1. The van der Waals surface area contributed by atoms with Crippen molar-refractivity contribution in [2.75, 3.05) is 11.9 Å². The number of nitrogens with one attached hydrogen (secondary N) is 2. The van der Waals surface area contributed by atoms with Crippen molar-refractivity contribution in [2.24, 2.45) is 4.99 Å². The second kappa shape index (κ2) is 8.08. The van der Waals surface area contributed by atoms with Gasteiger partial charge in [-0.3, -0.25) is 14.5 Å². The van der Waals surface area contributed by atoms with Gasteiger partial charge in [-0.05, 0) is 42.1 Å². The molecule has 8 heteroatoms. The fourth-order valence-electron chi connectivity index (χ4n) is 3.36. The van der Waals surface area contributed by atoms with E-state index in [2.05, 4.69) is 15.0 Å². The summed E-state index contributed by atoms with van der Waals surface area (Å²) in [7, 11) is -3.71. The number of amides is 1. The highest BCUT2D eigenvalue weighted by Gasteiger charge is 2.18. The largest absolute Gasteiger partial charge is 0.347 e. The quantitative estimate of drug-likeness (QED) is 0.654. The van der Waals surface area contributed by atoms with Crippen LogP contribution in [0.1, 0.15) is 19.3 Å². The van der Waals surface area contributed by atoms with Crippen LogP contribution >= 0.6 is 0 Å². The predicted octanol–water partition coefficient (Wildman–Crippen LogP) is 3.14. The fourth-order valence-corrected chi connectivity index (χ4v) is 4.49. The van der Waals surface area contributed by atoms with E-state index < -0.39 is 10.0 Å². The monoisotopic (exact) mass is 410 g/mol. The van der Waals surface area contributed by atoms with E-state index in [1.54, 1.807) is 12.1 Å². The number of amidine groups is 1. The number of para-hydroxylation sites is 1. The molecule has 0 bridgehead atoms. The van der Waals surface area contributed by atoms with Crippen molar-refractivity contribution in [3.63, 3.8) is 0 Å². The molecule has 2 N–H and O–H groups in total. The molecule has 0 unspecified atom stereocenters. The molecule has 0 atom stereocenters. The van der Waals surface area contributed by atoms with Crippen LogP contribution in [0.5, 0.6) is 0 Å². The van der Waals surface area contributed by atoms with E-state index in [0.29, 0.717) is 31.0 Å². The van der Waals surface area contributed by atoms with E-state index in [1.165, 1.54) is 12.1 Å². The lowest BCUT2D eigenvalue weighted by Crippen LogP contribution is -2.29. The van der Waals surface area contributed by atoms with Gasteiger partial charge in [0.1, 0.15) is 5.84 Å². The summed E-state index contributed by atoms with van der Waals surface area (Å²) in [6.07, 6.45) is 3.72. The number of sulfonamides is 1. The van der Waals surface area contributed by atoms with Gasteiger partial charge in [0.2, 0.25) is 5.91 Å².